The fourth-order valence-corrected chi connectivity index (χ4v) is 3.50. The van der Waals surface area contributed by atoms with Crippen molar-refractivity contribution in [2.45, 2.75) is 6.04 Å². The van der Waals surface area contributed by atoms with Gasteiger partial charge in [0.2, 0.25) is 6.79 Å². The van der Waals surface area contributed by atoms with E-state index < -0.39 is 0 Å². The van der Waals surface area contributed by atoms with Crippen molar-refractivity contribution in [3.8, 4) is 17.2 Å². The zero-order chi connectivity index (χ0) is 16.5. The van der Waals surface area contributed by atoms with Crippen LogP contribution in [0.2, 0.25) is 0 Å². The van der Waals surface area contributed by atoms with Crippen LogP contribution in [0.25, 0.3) is 0 Å². The zero-order valence-electron chi connectivity index (χ0n) is 13.1. The molecule has 6 heteroatoms. The van der Waals surface area contributed by atoms with Crippen molar-refractivity contribution in [3.05, 3.63) is 52.0 Å². The predicted molar refractivity (Wildman–Crippen MR) is 92.6 cm³/mol. The molecule has 5 nitrogen and oxygen atoms in total. The van der Waals surface area contributed by atoms with Crippen LogP contribution in [0.4, 0.5) is 0 Å². The number of rotatable bonds is 3. The summed E-state index contributed by atoms with van der Waals surface area (Å²) in [5.74, 6) is 1.49. The van der Waals surface area contributed by atoms with Gasteiger partial charge in [0.15, 0.2) is 11.5 Å². The number of halogens is 1. The van der Waals surface area contributed by atoms with Gasteiger partial charge in [0.05, 0.1) is 19.3 Å². The number of phenols is 1. The minimum atomic E-state index is -0.0588. The molecule has 2 aliphatic rings. The van der Waals surface area contributed by atoms with Crippen LogP contribution < -0.4 is 9.47 Å². The number of aromatic hydroxyl groups is 1. The van der Waals surface area contributed by atoms with Crippen molar-refractivity contribution in [1.29, 1.82) is 0 Å². The first-order valence-corrected chi connectivity index (χ1v) is 8.71. The monoisotopic (exact) mass is 391 g/mol. The van der Waals surface area contributed by atoms with Crippen molar-refractivity contribution < 1.29 is 19.3 Å². The molecule has 0 aliphatic carbocycles. The summed E-state index contributed by atoms with van der Waals surface area (Å²) in [6.07, 6.45) is 0. The Hall–Kier alpha value is -1.76. The second kappa shape index (κ2) is 6.63. The van der Waals surface area contributed by atoms with Crippen molar-refractivity contribution in [3.63, 3.8) is 0 Å². The van der Waals surface area contributed by atoms with Gasteiger partial charge in [-0.1, -0.05) is 28.1 Å². The first-order chi connectivity index (χ1) is 11.7. The van der Waals surface area contributed by atoms with Crippen LogP contribution >= 0.6 is 15.9 Å². The van der Waals surface area contributed by atoms with Crippen LogP contribution in [-0.4, -0.2) is 43.1 Å². The van der Waals surface area contributed by atoms with Gasteiger partial charge >= 0.3 is 0 Å². The minimum Gasteiger partial charge on any atom is -0.507 e. The van der Waals surface area contributed by atoms with Gasteiger partial charge in [-0.25, -0.2) is 0 Å². The first-order valence-electron chi connectivity index (χ1n) is 7.92. The number of morpholine rings is 1. The van der Waals surface area contributed by atoms with Crippen LogP contribution in [0, 0.1) is 0 Å². The summed E-state index contributed by atoms with van der Waals surface area (Å²) >= 11 is 3.48. The molecule has 0 bridgehead atoms. The summed E-state index contributed by atoms with van der Waals surface area (Å²) in [7, 11) is 0. The second-order valence-electron chi connectivity index (χ2n) is 5.87. The third kappa shape index (κ3) is 2.97. The summed E-state index contributed by atoms with van der Waals surface area (Å²) in [6.45, 7) is 3.21. The second-order valence-corrected chi connectivity index (χ2v) is 6.78. The number of benzene rings is 2. The van der Waals surface area contributed by atoms with Crippen molar-refractivity contribution in [2.24, 2.45) is 0 Å². The van der Waals surface area contributed by atoms with Gasteiger partial charge < -0.3 is 19.3 Å². The lowest BCUT2D eigenvalue weighted by Gasteiger charge is -2.35. The molecule has 24 heavy (non-hydrogen) atoms. The lowest BCUT2D eigenvalue weighted by atomic mass is 9.95. The van der Waals surface area contributed by atoms with Gasteiger partial charge in [-0.05, 0) is 23.8 Å². The normalized spacial score (nSPS) is 18.5. The van der Waals surface area contributed by atoms with Crippen molar-refractivity contribution in [2.75, 3.05) is 33.1 Å². The number of hydrogen-bond donors (Lipinski definition) is 1. The summed E-state index contributed by atoms with van der Waals surface area (Å²) in [4.78, 5) is 2.32. The molecule has 1 unspecified atom stereocenters. The highest BCUT2D eigenvalue weighted by atomic mass is 79.9. The molecule has 0 amide bonds. The Bertz CT molecular complexity index is 729. The molecule has 126 valence electrons. The molecule has 2 heterocycles. The number of phenolic OH excluding ortho intramolecular Hbond substituents is 1. The molecule has 2 aromatic rings. The van der Waals surface area contributed by atoms with Crippen LogP contribution in [0.15, 0.2) is 40.9 Å². The van der Waals surface area contributed by atoms with Gasteiger partial charge in [-0.3, -0.25) is 4.90 Å². The smallest absolute Gasteiger partial charge is 0.231 e. The Balaban J connectivity index is 1.78. The molecular weight excluding hydrogens is 374 g/mol. The van der Waals surface area contributed by atoms with E-state index in [0.717, 1.165) is 28.7 Å². The average Bonchev–Trinajstić information content (AvgIpc) is 3.05. The number of fused-ring (bicyclic) bond motifs is 1. The Labute approximate surface area is 148 Å². The largest absolute Gasteiger partial charge is 0.507 e. The maximum Gasteiger partial charge on any atom is 0.231 e. The Morgan fingerprint density at radius 1 is 1.00 bits per heavy atom. The fourth-order valence-electron chi connectivity index (χ4n) is 3.23. The summed E-state index contributed by atoms with van der Waals surface area (Å²) in [5.41, 5.74) is 1.94. The lowest BCUT2D eigenvalue weighted by Crippen LogP contribution is -2.39. The molecule has 0 saturated carbocycles. The third-order valence-electron chi connectivity index (χ3n) is 4.41. The zero-order valence-corrected chi connectivity index (χ0v) is 14.7. The van der Waals surface area contributed by atoms with Crippen molar-refractivity contribution >= 4 is 15.9 Å². The van der Waals surface area contributed by atoms with E-state index in [1.807, 2.05) is 18.2 Å². The number of nitrogens with zero attached hydrogens (tertiary/aromatic N) is 1. The molecule has 0 aromatic heterocycles. The predicted octanol–water partition coefficient (Wildman–Crippen LogP) is 3.31. The van der Waals surface area contributed by atoms with Crippen molar-refractivity contribution in [1.82, 2.24) is 4.90 Å². The van der Waals surface area contributed by atoms with Gasteiger partial charge in [0, 0.05) is 29.2 Å². The molecule has 1 fully saturated rings. The van der Waals surface area contributed by atoms with Gasteiger partial charge in [0.25, 0.3) is 0 Å². The van der Waals surface area contributed by atoms with Gasteiger partial charge in [-0.2, -0.15) is 0 Å². The van der Waals surface area contributed by atoms with Crippen LogP contribution in [0.1, 0.15) is 17.2 Å². The van der Waals surface area contributed by atoms with E-state index in [1.54, 1.807) is 6.07 Å². The highest BCUT2D eigenvalue weighted by Crippen LogP contribution is 2.43. The molecule has 1 N–H and O–H groups in total. The Kier molecular flexibility index (Phi) is 4.35. The standard InChI is InChI=1S/C18H18BrNO4/c19-13-3-1-12(2-4-13)18(20-5-7-22-8-6-20)14-9-16-17(10-15(14)21)24-11-23-16/h1-4,9-10,18,21H,5-8,11H2. The van der Waals surface area contributed by atoms with E-state index in [9.17, 15) is 5.11 Å². The first kappa shape index (κ1) is 15.7. The summed E-state index contributed by atoms with van der Waals surface area (Å²) in [6, 6.07) is 11.7. The highest BCUT2D eigenvalue weighted by molar-refractivity contribution is 9.10. The molecular formula is C18H18BrNO4. The van der Waals surface area contributed by atoms with Crippen LogP contribution in [-0.2, 0) is 4.74 Å². The minimum absolute atomic E-state index is 0.0588. The van der Waals surface area contributed by atoms with Gasteiger partial charge in [0.1, 0.15) is 5.75 Å². The molecule has 1 atom stereocenters. The quantitative estimate of drug-likeness (QED) is 0.869. The van der Waals surface area contributed by atoms with E-state index in [1.165, 1.54) is 0 Å². The topological polar surface area (TPSA) is 51.2 Å². The van der Waals surface area contributed by atoms with E-state index in [0.29, 0.717) is 24.7 Å². The maximum absolute atomic E-state index is 10.6. The third-order valence-corrected chi connectivity index (χ3v) is 4.94. The summed E-state index contributed by atoms with van der Waals surface area (Å²) in [5, 5.41) is 10.6. The number of ether oxygens (including phenoxy) is 3. The highest BCUT2D eigenvalue weighted by Gasteiger charge is 2.29. The van der Waals surface area contributed by atoms with E-state index in [2.05, 4.69) is 33.0 Å². The van der Waals surface area contributed by atoms with E-state index in [4.69, 9.17) is 14.2 Å². The van der Waals surface area contributed by atoms with Crippen LogP contribution in [0.5, 0.6) is 17.2 Å². The molecule has 0 radical (unpaired) electrons. The molecule has 2 aromatic carbocycles. The Morgan fingerprint density at radius 3 is 2.38 bits per heavy atom. The van der Waals surface area contributed by atoms with E-state index >= 15 is 0 Å². The van der Waals surface area contributed by atoms with E-state index in [-0.39, 0.29) is 18.6 Å². The molecule has 4 rings (SSSR count). The Morgan fingerprint density at radius 2 is 1.67 bits per heavy atom. The maximum atomic E-state index is 10.6. The number of hydrogen-bond acceptors (Lipinski definition) is 5. The molecule has 2 aliphatic heterocycles. The molecule has 0 spiro atoms. The molecule has 1 saturated heterocycles. The fraction of sp³-hybridized carbons (Fsp3) is 0.333. The van der Waals surface area contributed by atoms with Crippen LogP contribution in [0.3, 0.4) is 0 Å². The summed E-state index contributed by atoms with van der Waals surface area (Å²) < 4.78 is 17.4. The lowest BCUT2D eigenvalue weighted by molar-refractivity contribution is 0.0235. The average molecular weight is 392 g/mol. The van der Waals surface area contributed by atoms with Gasteiger partial charge in [-0.15, -0.1) is 0 Å². The SMILES string of the molecule is Oc1cc2c(cc1C(c1ccc(Br)cc1)N1CCOCC1)OCO2.